The van der Waals surface area contributed by atoms with Crippen molar-refractivity contribution in [2.75, 3.05) is 31.6 Å². The Morgan fingerprint density at radius 2 is 1.57 bits per heavy atom. The third-order valence-electron chi connectivity index (χ3n) is 8.01. The SMILES string of the molecule is COc1ccc2c(c1)C1(CCN(Cc3ccc(C(C)(C)C)cc3)CC1)CN2C(=O)Oc1ccc(C)cc1. The molecule has 1 amide bonds. The molecular formula is C32H38N2O3. The lowest BCUT2D eigenvalue weighted by molar-refractivity contribution is 0.157. The highest BCUT2D eigenvalue weighted by Crippen LogP contribution is 2.48. The molecule has 1 fully saturated rings. The third kappa shape index (κ3) is 5.24. The number of carbonyl (C=O) groups excluding carboxylic acids is 1. The zero-order chi connectivity index (χ0) is 26.2. The number of nitrogens with zero attached hydrogens (tertiary/aromatic N) is 2. The number of amides is 1. The van der Waals surface area contributed by atoms with Gasteiger partial charge in [-0.1, -0.05) is 62.7 Å². The summed E-state index contributed by atoms with van der Waals surface area (Å²) in [6, 6.07) is 22.7. The second-order valence-corrected chi connectivity index (χ2v) is 11.7. The van der Waals surface area contributed by atoms with E-state index in [1.54, 1.807) is 7.11 Å². The molecule has 5 rings (SSSR count). The summed E-state index contributed by atoms with van der Waals surface area (Å²) in [5.41, 5.74) is 6.05. The molecule has 3 aromatic carbocycles. The first-order valence-corrected chi connectivity index (χ1v) is 13.2. The summed E-state index contributed by atoms with van der Waals surface area (Å²) < 4.78 is 11.3. The third-order valence-corrected chi connectivity index (χ3v) is 8.01. The van der Waals surface area contributed by atoms with E-state index < -0.39 is 0 Å². The Morgan fingerprint density at radius 1 is 0.919 bits per heavy atom. The summed E-state index contributed by atoms with van der Waals surface area (Å²) in [6.07, 6.45) is 1.65. The van der Waals surface area contributed by atoms with E-state index >= 15 is 0 Å². The van der Waals surface area contributed by atoms with Crippen LogP contribution in [0.4, 0.5) is 10.5 Å². The summed E-state index contributed by atoms with van der Waals surface area (Å²) in [6.45, 7) is 12.3. The summed E-state index contributed by atoms with van der Waals surface area (Å²) in [4.78, 5) is 17.7. The highest BCUT2D eigenvalue weighted by molar-refractivity contribution is 5.93. The number of ether oxygens (including phenoxy) is 2. The molecule has 1 saturated heterocycles. The van der Waals surface area contributed by atoms with Crippen molar-refractivity contribution in [2.24, 2.45) is 0 Å². The van der Waals surface area contributed by atoms with Crippen LogP contribution in [0.3, 0.4) is 0 Å². The van der Waals surface area contributed by atoms with Gasteiger partial charge in [-0.3, -0.25) is 9.80 Å². The van der Waals surface area contributed by atoms with Crippen LogP contribution >= 0.6 is 0 Å². The minimum Gasteiger partial charge on any atom is -0.497 e. The second kappa shape index (κ2) is 9.86. The van der Waals surface area contributed by atoms with Crippen molar-refractivity contribution in [1.29, 1.82) is 0 Å². The van der Waals surface area contributed by atoms with Gasteiger partial charge in [0.1, 0.15) is 11.5 Å². The molecule has 2 heterocycles. The predicted octanol–water partition coefficient (Wildman–Crippen LogP) is 6.85. The second-order valence-electron chi connectivity index (χ2n) is 11.7. The fourth-order valence-corrected chi connectivity index (χ4v) is 5.64. The molecule has 0 radical (unpaired) electrons. The molecule has 5 heteroatoms. The number of methoxy groups -OCH3 is 1. The van der Waals surface area contributed by atoms with Gasteiger partial charge in [0.25, 0.3) is 0 Å². The number of carbonyl (C=O) groups is 1. The van der Waals surface area contributed by atoms with Crippen molar-refractivity contribution in [3.05, 3.63) is 89.0 Å². The Bertz CT molecular complexity index is 1250. The molecule has 0 atom stereocenters. The first kappa shape index (κ1) is 25.3. The monoisotopic (exact) mass is 498 g/mol. The van der Waals surface area contributed by atoms with E-state index in [0.29, 0.717) is 12.3 Å². The van der Waals surface area contributed by atoms with Crippen LogP contribution < -0.4 is 14.4 Å². The van der Waals surface area contributed by atoms with Gasteiger partial charge in [0.2, 0.25) is 0 Å². The minimum atomic E-state index is -0.325. The van der Waals surface area contributed by atoms with Crippen LogP contribution in [0, 0.1) is 6.92 Å². The van der Waals surface area contributed by atoms with Crippen molar-refractivity contribution >= 4 is 11.8 Å². The fraction of sp³-hybridized carbons (Fsp3) is 0.406. The lowest BCUT2D eigenvalue weighted by atomic mass is 9.74. The summed E-state index contributed by atoms with van der Waals surface area (Å²) >= 11 is 0. The molecule has 37 heavy (non-hydrogen) atoms. The van der Waals surface area contributed by atoms with Crippen LogP contribution in [-0.2, 0) is 17.4 Å². The van der Waals surface area contributed by atoms with Gasteiger partial charge in [0.05, 0.1) is 12.8 Å². The maximum absolute atomic E-state index is 13.3. The van der Waals surface area contributed by atoms with Gasteiger partial charge in [-0.15, -0.1) is 0 Å². The predicted molar refractivity (Wildman–Crippen MR) is 149 cm³/mol. The van der Waals surface area contributed by atoms with E-state index in [9.17, 15) is 4.79 Å². The van der Waals surface area contributed by atoms with Gasteiger partial charge in [0, 0.05) is 18.5 Å². The number of likely N-dealkylation sites (tertiary alicyclic amines) is 1. The van der Waals surface area contributed by atoms with E-state index in [-0.39, 0.29) is 16.9 Å². The highest BCUT2D eigenvalue weighted by Gasteiger charge is 2.47. The zero-order valence-corrected chi connectivity index (χ0v) is 22.7. The van der Waals surface area contributed by atoms with Crippen LogP contribution in [0.1, 0.15) is 55.9 Å². The molecule has 3 aromatic rings. The number of aryl methyl sites for hydroxylation is 1. The lowest BCUT2D eigenvalue weighted by Gasteiger charge is -2.40. The van der Waals surface area contributed by atoms with Crippen LogP contribution in [-0.4, -0.2) is 37.7 Å². The molecule has 0 bridgehead atoms. The maximum atomic E-state index is 13.3. The van der Waals surface area contributed by atoms with Crippen LogP contribution in [0.25, 0.3) is 0 Å². The average Bonchev–Trinajstić information content (AvgIpc) is 3.20. The van der Waals surface area contributed by atoms with Crippen molar-refractivity contribution in [3.63, 3.8) is 0 Å². The molecule has 2 aliphatic rings. The molecule has 1 spiro atoms. The number of anilines is 1. The molecular weight excluding hydrogens is 460 g/mol. The van der Waals surface area contributed by atoms with Crippen molar-refractivity contribution in [1.82, 2.24) is 4.90 Å². The van der Waals surface area contributed by atoms with Gasteiger partial charge in [-0.2, -0.15) is 0 Å². The maximum Gasteiger partial charge on any atom is 0.419 e. The summed E-state index contributed by atoms with van der Waals surface area (Å²) in [7, 11) is 1.69. The fourth-order valence-electron chi connectivity index (χ4n) is 5.64. The van der Waals surface area contributed by atoms with Gasteiger partial charge >= 0.3 is 6.09 Å². The number of piperidine rings is 1. The van der Waals surface area contributed by atoms with Gasteiger partial charge in [-0.05, 0) is 85.3 Å². The first-order valence-electron chi connectivity index (χ1n) is 13.2. The molecule has 0 N–H and O–H groups in total. The van der Waals surface area contributed by atoms with Crippen molar-refractivity contribution in [3.8, 4) is 11.5 Å². The largest absolute Gasteiger partial charge is 0.497 e. The Morgan fingerprint density at radius 3 is 2.19 bits per heavy atom. The standard InChI is InChI=1S/C32H38N2O3/c1-23-6-12-26(13-7-23)37-30(35)34-22-32(28-20-27(36-5)14-15-29(28)34)16-18-33(19-17-32)21-24-8-10-25(11-9-24)31(2,3)4/h6-15,20H,16-19,21-22H2,1-5H3. The van der Waals surface area contributed by atoms with Gasteiger partial charge in [-0.25, -0.2) is 4.79 Å². The van der Waals surface area contributed by atoms with Crippen molar-refractivity contribution < 1.29 is 14.3 Å². The topological polar surface area (TPSA) is 42.0 Å². The van der Waals surface area contributed by atoms with Gasteiger partial charge < -0.3 is 9.47 Å². The number of benzene rings is 3. The van der Waals surface area contributed by atoms with E-state index in [4.69, 9.17) is 9.47 Å². The van der Waals surface area contributed by atoms with Gasteiger partial charge in [0.15, 0.2) is 0 Å². The average molecular weight is 499 g/mol. The van der Waals surface area contributed by atoms with Crippen LogP contribution in [0.2, 0.25) is 0 Å². The normalized spacial score (nSPS) is 17.1. The summed E-state index contributed by atoms with van der Waals surface area (Å²) in [5.74, 6) is 1.40. The molecule has 2 aliphatic heterocycles. The highest BCUT2D eigenvalue weighted by atomic mass is 16.6. The molecule has 0 aromatic heterocycles. The Hall–Kier alpha value is -3.31. The first-order chi connectivity index (χ1) is 17.7. The van der Waals surface area contributed by atoms with E-state index in [1.807, 2.05) is 48.2 Å². The Kier molecular flexibility index (Phi) is 6.76. The molecule has 0 aliphatic carbocycles. The Labute approximate surface area is 221 Å². The molecule has 5 nitrogen and oxygen atoms in total. The summed E-state index contributed by atoms with van der Waals surface area (Å²) in [5, 5.41) is 0. The molecule has 0 saturated carbocycles. The number of hydrogen-bond donors (Lipinski definition) is 0. The van der Waals surface area contributed by atoms with E-state index in [0.717, 1.165) is 49.5 Å². The number of hydrogen-bond acceptors (Lipinski definition) is 4. The molecule has 194 valence electrons. The van der Waals surface area contributed by atoms with E-state index in [1.165, 1.54) is 16.7 Å². The molecule has 0 unspecified atom stereocenters. The smallest absolute Gasteiger partial charge is 0.419 e. The quantitative estimate of drug-likeness (QED) is 0.394. The van der Waals surface area contributed by atoms with E-state index in [2.05, 4.69) is 56.0 Å². The number of fused-ring (bicyclic) bond motifs is 2. The van der Waals surface area contributed by atoms with Crippen LogP contribution in [0.5, 0.6) is 11.5 Å². The van der Waals surface area contributed by atoms with Crippen LogP contribution in [0.15, 0.2) is 66.7 Å². The van der Waals surface area contributed by atoms with Crippen molar-refractivity contribution in [2.45, 2.75) is 57.9 Å². The minimum absolute atomic E-state index is 0.0945. The lowest BCUT2D eigenvalue weighted by Crippen LogP contribution is -2.46. The Balaban J connectivity index is 1.31. The number of rotatable bonds is 4. The zero-order valence-electron chi connectivity index (χ0n) is 22.7.